The Balaban J connectivity index is 1.88. The van der Waals surface area contributed by atoms with E-state index in [1.54, 1.807) is 0 Å². The summed E-state index contributed by atoms with van der Waals surface area (Å²) < 4.78 is 37.5. The molecular formula is C17H26O4P2. The molecule has 0 radical (unpaired) electrons. The second kappa shape index (κ2) is 5.85. The van der Waals surface area contributed by atoms with Gasteiger partial charge in [-0.2, -0.15) is 0 Å². The van der Waals surface area contributed by atoms with E-state index in [9.17, 15) is 9.13 Å². The molecule has 1 aromatic carbocycles. The Morgan fingerprint density at radius 1 is 0.913 bits per heavy atom. The van der Waals surface area contributed by atoms with Crippen LogP contribution in [0.4, 0.5) is 0 Å². The number of rotatable bonds is 8. The minimum absolute atomic E-state index is 0.342. The van der Waals surface area contributed by atoms with Gasteiger partial charge in [0, 0.05) is 0 Å². The first kappa shape index (κ1) is 17.4. The van der Waals surface area contributed by atoms with Crippen LogP contribution in [0.5, 0.6) is 0 Å². The van der Waals surface area contributed by atoms with Crippen LogP contribution in [-0.4, -0.2) is 13.2 Å². The quantitative estimate of drug-likeness (QED) is 0.672. The Bertz CT molecular complexity index is 680. The van der Waals surface area contributed by atoms with Crippen LogP contribution in [0.25, 0.3) is 0 Å². The van der Waals surface area contributed by atoms with E-state index in [1.807, 2.05) is 33.8 Å². The fourth-order valence-corrected chi connectivity index (χ4v) is 8.25. The van der Waals surface area contributed by atoms with Gasteiger partial charge in [-0.1, -0.05) is 41.0 Å². The molecule has 0 aliphatic carbocycles. The van der Waals surface area contributed by atoms with Crippen molar-refractivity contribution in [3.63, 3.8) is 0 Å². The normalized spacial score (nSPS) is 27.3. The third-order valence-electron chi connectivity index (χ3n) is 4.13. The minimum Gasteiger partial charge on any atom is -0.322 e. The SMILES string of the molecule is CCCc1c2c(cc3c1P3(=O)OCC(C)C)P2(=O)OCC(C)C. The van der Waals surface area contributed by atoms with Gasteiger partial charge in [-0.15, -0.1) is 0 Å². The zero-order chi connectivity index (χ0) is 17.0. The molecule has 2 heterocycles. The van der Waals surface area contributed by atoms with Crippen LogP contribution in [0, 0.1) is 11.8 Å². The fraction of sp³-hybridized carbons (Fsp3) is 0.647. The van der Waals surface area contributed by atoms with Crippen LogP contribution in [0.1, 0.15) is 46.6 Å². The number of benzene rings is 1. The smallest absolute Gasteiger partial charge is 0.263 e. The number of hydrogen-bond donors (Lipinski definition) is 0. The molecule has 0 aromatic heterocycles. The van der Waals surface area contributed by atoms with Gasteiger partial charge < -0.3 is 9.05 Å². The van der Waals surface area contributed by atoms with Crippen molar-refractivity contribution in [3.05, 3.63) is 11.6 Å². The van der Waals surface area contributed by atoms with Crippen molar-refractivity contribution in [2.24, 2.45) is 11.8 Å². The maximum absolute atomic E-state index is 13.0. The first-order chi connectivity index (χ1) is 10.8. The summed E-state index contributed by atoms with van der Waals surface area (Å²) in [6.07, 6.45) is 1.72. The van der Waals surface area contributed by atoms with E-state index in [0.717, 1.165) is 39.6 Å². The van der Waals surface area contributed by atoms with Gasteiger partial charge in [0.25, 0.3) is 14.7 Å². The van der Waals surface area contributed by atoms with E-state index >= 15 is 0 Å². The minimum atomic E-state index is -2.79. The molecule has 23 heavy (non-hydrogen) atoms. The molecule has 0 saturated carbocycles. The zero-order valence-electron chi connectivity index (χ0n) is 14.6. The van der Waals surface area contributed by atoms with Crippen LogP contribution >= 0.6 is 14.7 Å². The van der Waals surface area contributed by atoms with Crippen molar-refractivity contribution in [1.29, 1.82) is 0 Å². The molecule has 0 fully saturated rings. The molecule has 0 saturated heterocycles. The van der Waals surface area contributed by atoms with Gasteiger partial charge in [-0.25, -0.2) is 0 Å². The maximum Gasteiger partial charge on any atom is 0.263 e. The van der Waals surface area contributed by atoms with E-state index < -0.39 is 14.7 Å². The van der Waals surface area contributed by atoms with Gasteiger partial charge in [0.05, 0.1) is 34.4 Å². The molecule has 4 nitrogen and oxygen atoms in total. The molecule has 2 unspecified atom stereocenters. The lowest BCUT2D eigenvalue weighted by Crippen LogP contribution is -2.11. The van der Waals surface area contributed by atoms with Gasteiger partial charge in [-0.3, -0.25) is 9.13 Å². The third-order valence-corrected chi connectivity index (χ3v) is 8.88. The average molecular weight is 356 g/mol. The Morgan fingerprint density at radius 3 is 1.70 bits per heavy atom. The molecule has 0 amide bonds. The van der Waals surface area contributed by atoms with Crippen molar-refractivity contribution in [2.75, 3.05) is 13.2 Å². The molecule has 0 bridgehead atoms. The molecule has 6 heteroatoms. The Kier molecular flexibility index (Phi) is 4.43. The lowest BCUT2D eigenvalue weighted by molar-refractivity contribution is 0.284. The summed E-state index contributed by atoms with van der Waals surface area (Å²) in [5.41, 5.74) is 0.985. The lowest BCUT2D eigenvalue weighted by atomic mass is 10.1. The molecule has 128 valence electrons. The summed E-state index contributed by atoms with van der Waals surface area (Å²) in [5, 5.41) is 3.24. The van der Waals surface area contributed by atoms with Gasteiger partial charge in [-0.05, 0) is 29.9 Å². The molecule has 2 aliphatic heterocycles. The topological polar surface area (TPSA) is 52.6 Å². The highest BCUT2D eigenvalue weighted by Gasteiger charge is 2.60. The predicted octanol–water partition coefficient (Wildman–Crippen LogP) is 3.07. The van der Waals surface area contributed by atoms with Crippen LogP contribution in [-0.2, 0) is 24.6 Å². The second-order valence-corrected chi connectivity index (χ2v) is 11.9. The summed E-state index contributed by atoms with van der Waals surface area (Å²) in [4.78, 5) is 0. The standard InChI is InChI=1S/C17H26O4P2/c1-6-7-13-16-14(22(16,18)20-9-11(2)3)8-15-17(13)23(15,19)21-10-12(4)5/h8,11-12H,6-7,9-10H2,1-5H3. The third kappa shape index (κ3) is 2.78. The van der Waals surface area contributed by atoms with Crippen molar-refractivity contribution >= 4 is 36.0 Å². The van der Waals surface area contributed by atoms with E-state index in [2.05, 4.69) is 6.92 Å². The average Bonchev–Trinajstić information content (AvgIpc) is 3.29. The second-order valence-electron chi connectivity index (χ2n) is 7.32. The Hall–Kier alpha value is -0.400. The summed E-state index contributed by atoms with van der Waals surface area (Å²) in [6, 6.07) is 1.83. The van der Waals surface area contributed by atoms with Crippen molar-refractivity contribution in [2.45, 2.75) is 47.5 Å². The Morgan fingerprint density at radius 2 is 1.35 bits per heavy atom. The largest absolute Gasteiger partial charge is 0.322 e. The zero-order valence-corrected chi connectivity index (χ0v) is 16.4. The molecular weight excluding hydrogens is 330 g/mol. The predicted molar refractivity (Wildman–Crippen MR) is 95.8 cm³/mol. The monoisotopic (exact) mass is 356 g/mol. The van der Waals surface area contributed by atoms with E-state index in [0.29, 0.717) is 25.0 Å². The first-order valence-corrected chi connectivity index (χ1v) is 11.7. The van der Waals surface area contributed by atoms with Crippen LogP contribution in [0.3, 0.4) is 0 Å². The van der Waals surface area contributed by atoms with Crippen LogP contribution < -0.4 is 21.2 Å². The van der Waals surface area contributed by atoms with E-state index in [1.165, 1.54) is 0 Å². The van der Waals surface area contributed by atoms with Crippen molar-refractivity contribution < 1.29 is 18.2 Å². The molecule has 1 aromatic rings. The summed E-state index contributed by atoms with van der Waals surface area (Å²) in [7, 11) is -5.58. The highest BCUT2D eigenvalue weighted by Crippen LogP contribution is 2.64. The number of fused-ring (bicyclic) bond motifs is 2. The van der Waals surface area contributed by atoms with Gasteiger partial charge >= 0.3 is 0 Å². The maximum atomic E-state index is 13.0. The van der Waals surface area contributed by atoms with Crippen molar-refractivity contribution in [3.8, 4) is 0 Å². The first-order valence-electron chi connectivity index (χ1n) is 8.47. The molecule has 2 atom stereocenters. The Labute approximate surface area is 138 Å². The van der Waals surface area contributed by atoms with Crippen LogP contribution in [0.2, 0.25) is 0 Å². The molecule has 2 aliphatic rings. The molecule has 3 rings (SSSR count). The fourth-order valence-electron chi connectivity index (χ4n) is 2.94. The molecule has 0 spiro atoms. The number of hydrogen-bond acceptors (Lipinski definition) is 4. The summed E-state index contributed by atoms with van der Waals surface area (Å²) >= 11 is 0. The molecule has 0 N–H and O–H groups in total. The summed E-state index contributed by atoms with van der Waals surface area (Å²) in [6.45, 7) is 11.2. The lowest BCUT2D eigenvalue weighted by Gasteiger charge is -2.08. The van der Waals surface area contributed by atoms with Crippen LogP contribution in [0.15, 0.2) is 6.07 Å². The van der Waals surface area contributed by atoms with E-state index in [4.69, 9.17) is 9.05 Å². The van der Waals surface area contributed by atoms with Gasteiger partial charge in [0.2, 0.25) is 0 Å². The highest BCUT2D eigenvalue weighted by molar-refractivity contribution is 7.88. The van der Waals surface area contributed by atoms with Gasteiger partial charge in [0.1, 0.15) is 0 Å². The van der Waals surface area contributed by atoms with E-state index in [-0.39, 0.29) is 0 Å². The van der Waals surface area contributed by atoms with Crippen molar-refractivity contribution in [1.82, 2.24) is 0 Å². The van der Waals surface area contributed by atoms with Gasteiger partial charge in [0.15, 0.2) is 0 Å². The highest BCUT2D eigenvalue weighted by atomic mass is 31.2. The summed E-state index contributed by atoms with van der Waals surface area (Å²) in [5.74, 6) is 0.684.